The highest BCUT2D eigenvalue weighted by atomic mass is 32.1. The minimum Gasteiger partial charge on any atom is -0.356 e. The second-order valence-electron chi connectivity index (χ2n) is 3.28. The lowest BCUT2D eigenvalue weighted by atomic mass is 10.3. The van der Waals surface area contributed by atoms with E-state index in [9.17, 15) is 0 Å². The lowest BCUT2D eigenvalue weighted by Crippen LogP contribution is -2.34. The Morgan fingerprint density at radius 2 is 2.21 bits per heavy atom. The largest absolute Gasteiger partial charge is 0.356 e. The van der Waals surface area contributed by atoms with E-state index < -0.39 is 0 Å². The van der Waals surface area contributed by atoms with E-state index in [4.69, 9.17) is 0 Å². The molecule has 0 spiro atoms. The Morgan fingerprint density at radius 3 is 2.71 bits per heavy atom. The van der Waals surface area contributed by atoms with E-state index in [1.807, 2.05) is 0 Å². The van der Waals surface area contributed by atoms with Crippen LogP contribution in [-0.2, 0) is 0 Å². The number of likely N-dealkylation sites (N-methyl/N-ethyl adjacent to an activating group) is 1. The molecule has 1 N–H and O–H groups in total. The molecule has 1 atom stereocenters. The van der Waals surface area contributed by atoms with Gasteiger partial charge in [0.1, 0.15) is 5.51 Å². The van der Waals surface area contributed by atoms with Crippen LogP contribution in [0.4, 0.5) is 5.13 Å². The van der Waals surface area contributed by atoms with Gasteiger partial charge in [0, 0.05) is 12.6 Å². The van der Waals surface area contributed by atoms with Gasteiger partial charge in [-0.15, -0.1) is 10.2 Å². The van der Waals surface area contributed by atoms with Crippen LogP contribution in [0.3, 0.4) is 0 Å². The third-order valence-corrected chi connectivity index (χ3v) is 2.78. The van der Waals surface area contributed by atoms with Crippen LogP contribution >= 0.6 is 11.3 Å². The van der Waals surface area contributed by atoms with E-state index in [-0.39, 0.29) is 0 Å². The smallest absolute Gasteiger partial charge is 0.205 e. The average Bonchev–Trinajstić information content (AvgIpc) is 2.66. The molecule has 1 heterocycles. The van der Waals surface area contributed by atoms with Gasteiger partial charge in [-0.05, 0) is 20.0 Å². The number of nitrogens with one attached hydrogen (secondary N) is 1. The van der Waals surface area contributed by atoms with Crippen molar-refractivity contribution in [2.45, 2.75) is 26.8 Å². The zero-order valence-electron chi connectivity index (χ0n) is 9.03. The van der Waals surface area contributed by atoms with E-state index in [0.717, 1.165) is 24.8 Å². The average molecular weight is 214 g/mol. The fourth-order valence-corrected chi connectivity index (χ4v) is 1.92. The highest BCUT2D eigenvalue weighted by Crippen LogP contribution is 2.09. The van der Waals surface area contributed by atoms with Gasteiger partial charge in [-0.25, -0.2) is 0 Å². The molecule has 0 fully saturated rings. The first-order valence-corrected chi connectivity index (χ1v) is 5.89. The standard InChI is InChI=1S/C9H18N4S/c1-4-13(5-2)6-8(3)11-9-12-10-7-14-9/h7-8H,4-6H2,1-3H3,(H,11,12). The SMILES string of the molecule is CCN(CC)CC(C)Nc1nncs1. The lowest BCUT2D eigenvalue weighted by Gasteiger charge is -2.22. The molecule has 1 unspecified atom stereocenters. The molecule has 0 bridgehead atoms. The zero-order chi connectivity index (χ0) is 10.4. The molecule has 0 saturated heterocycles. The minimum absolute atomic E-state index is 0.419. The molecular weight excluding hydrogens is 196 g/mol. The monoisotopic (exact) mass is 214 g/mol. The van der Waals surface area contributed by atoms with Crippen molar-refractivity contribution < 1.29 is 0 Å². The molecular formula is C9H18N4S. The highest BCUT2D eigenvalue weighted by Gasteiger charge is 2.07. The van der Waals surface area contributed by atoms with E-state index in [1.165, 1.54) is 0 Å². The number of hydrogen-bond donors (Lipinski definition) is 1. The van der Waals surface area contributed by atoms with Crippen molar-refractivity contribution in [2.24, 2.45) is 0 Å². The van der Waals surface area contributed by atoms with Crippen molar-refractivity contribution in [2.75, 3.05) is 25.0 Å². The number of nitrogens with zero attached hydrogens (tertiary/aromatic N) is 3. The summed E-state index contributed by atoms with van der Waals surface area (Å²) in [5, 5.41) is 12.0. The predicted octanol–water partition coefficient (Wildman–Crippen LogP) is 1.68. The summed E-state index contributed by atoms with van der Waals surface area (Å²) in [6, 6.07) is 0.419. The van der Waals surface area contributed by atoms with Gasteiger partial charge in [-0.2, -0.15) is 0 Å². The first kappa shape index (κ1) is 11.4. The maximum absolute atomic E-state index is 3.95. The van der Waals surface area contributed by atoms with E-state index in [1.54, 1.807) is 16.8 Å². The molecule has 0 aromatic carbocycles. The number of rotatable bonds is 6. The molecule has 1 rings (SSSR count). The van der Waals surface area contributed by atoms with Crippen LogP contribution in [0.1, 0.15) is 20.8 Å². The normalized spacial score (nSPS) is 13.1. The molecule has 1 aromatic rings. The number of aromatic nitrogens is 2. The Hall–Kier alpha value is -0.680. The van der Waals surface area contributed by atoms with E-state index in [2.05, 4.69) is 41.2 Å². The van der Waals surface area contributed by atoms with E-state index in [0.29, 0.717) is 6.04 Å². The van der Waals surface area contributed by atoms with Gasteiger partial charge in [-0.1, -0.05) is 25.2 Å². The quantitative estimate of drug-likeness (QED) is 0.782. The van der Waals surface area contributed by atoms with Gasteiger partial charge >= 0.3 is 0 Å². The summed E-state index contributed by atoms with van der Waals surface area (Å²) in [7, 11) is 0. The second-order valence-corrected chi connectivity index (χ2v) is 4.11. The molecule has 80 valence electrons. The van der Waals surface area contributed by atoms with Crippen molar-refractivity contribution in [3.05, 3.63) is 5.51 Å². The highest BCUT2D eigenvalue weighted by molar-refractivity contribution is 7.13. The molecule has 0 aliphatic rings. The molecule has 4 nitrogen and oxygen atoms in total. The fraction of sp³-hybridized carbons (Fsp3) is 0.778. The first-order valence-electron chi connectivity index (χ1n) is 5.01. The number of hydrogen-bond acceptors (Lipinski definition) is 5. The van der Waals surface area contributed by atoms with Crippen LogP contribution in [0.2, 0.25) is 0 Å². The topological polar surface area (TPSA) is 41.0 Å². The van der Waals surface area contributed by atoms with Gasteiger partial charge in [0.25, 0.3) is 0 Å². The Bertz CT molecular complexity index is 233. The summed E-state index contributed by atoms with van der Waals surface area (Å²) < 4.78 is 0. The van der Waals surface area contributed by atoms with Crippen molar-refractivity contribution >= 4 is 16.5 Å². The van der Waals surface area contributed by atoms with Gasteiger partial charge in [0.05, 0.1) is 0 Å². The summed E-state index contributed by atoms with van der Waals surface area (Å²) >= 11 is 1.54. The Kier molecular flexibility index (Phi) is 4.82. The van der Waals surface area contributed by atoms with Crippen molar-refractivity contribution in [3.63, 3.8) is 0 Å². The summed E-state index contributed by atoms with van der Waals surface area (Å²) in [6.07, 6.45) is 0. The lowest BCUT2D eigenvalue weighted by molar-refractivity contribution is 0.295. The maximum atomic E-state index is 3.95. The summed E-state index contributed by atoms with van der Waals surface area (Å²) in [5.41, 5.74) is 1.74. The van der Waals surface area contributed by atoms with Crippen molar-refractivity contribution in [1.82, 2.24) is 15.1 Å². The third kappa shape index (κ3) is 3.59. The van der Waals surface area contributed by atoms with Crippen LogP contribution in [0.25, 0.3) is 0 Å². The third-order valence-electron chi connectivity index (χ3n) is 2.16. The minimum atomic E-state index is 0.419. The molecule has 0 radical (unpaired) electrons. The van der Waals surface area contributed by atoms with Crippen LogP contribution in [-0.4, -0.2) is 40.8 Å². The van der Waals surface area contributed by atoms with Gasteiger partial charge in [-0.3, -0.25) is 0 Å². The van der Waals surface area contributed by atoms with Gasteiger partial charge in [0.2, 0.25) is 5.13 Å². The molecule has 0 amide bonds. The molecule has 0 aliphatic carbocycles. The van der Waals surface area contributed by atoms with Crippen LogP contribution < -0.4 is 5.32 Å². The molecule has 0 saturated carbocycles. The van der Waals surface area contributed by atoms with Crippen LogP contribution in [0, 0.1) is 0 Å². The van der Waals surface area contributed by atoms with Gasteiger partial charge < -0.3 is 10.2 Å². The summed E-state index contributed by atoms with van der Waals surface area (Å²) in [5.74, 6) is 0. The molecule has 5 heteroatoms. The van der Waals surface area contributed by atoms with Crippen molar-refractivity contribution in [1.29, 1.82) is 0 Å². The van der Waals surface area contributed by atoms with Gasteiger partial charge in [0.15, 0.2) is 0 Å². The van der Waals surface area contributed by atoms with Crippen molar-refractivity contribution in [3.8, 4) is 0 Å². The predicted molar refractivity (Wildman–Crippen MR) is 60.8 cm³/mol. The Morgan fingerprint density at radius 1 is 1.50 bits per heavy atom. The molecule has 14 heavy (non-hydrogen) atoms. The van der Waals surface area contributed by atoms with E-state index >= 15 is 0 Å². The zero-order valence-corrected chi connectivity index (χ0v) is 9.84. The molecule has 0 aliphatic heterocycles. The summed E-state index contributed by atoms with van der Waals surface area (Å²) in [4.78, 5) is 2.39. The first-order chi connectivity index (χ1) is 6.76. The Labute approximate surface area is 89.3 Å². The van der Waals surface area contributed by atoms with Crippen LogP contribution in [0.5, 0.6) is 0 Å². The summed E-state index contributed by atoms with van der Waals surface area (Å²) in [6.45, 7) is 9.77. The molecule has 1 aromatic heterocycles. The maximum Gasteiger partial charge on any atom is 0.205 e. The second kappa shape index (κ2) is 5.93. The Balaban J connectivity index is 2.31. The van der Waals surface area contributed by atoms with Crippen LogP contribution in [0.15, 0.2) is 5.51 Å². The number of anilines is 1. The fourth-order valence-electron chi connectivity index (χ4n) is 1.36.